The molecular formula is C14H13NO3. The molecule has 0 fully saturated rings. The van der Waals surface area contributed by atoms with Gasteiger partial charge in [-0.15, -0.1) is 0 Å². The predicted molar refractivity (Wildman–Crippen MR) is 70.1 cm³/mol. The molecule has 18 heavy (non-hydrogen) atoms. The van der Waals surface area contributed by atoms with E-state index in [1.54, 1.807) is 37.4 Å². The number of anilines is 1. The van der Waals surface area contributed by atoms with Crippen molar-refractivity contribution in [3.05, 3.63) is 35.9 Å². The van der Waals surface area contributed by atoms with Crippen LogP contribution < -0.4 is 4.90 Å². The van der Waals surface area contributed by atoms with Gasteiger partial charge < -0.3 is 10.0 Å². The van der Waals surface area contributed by atoms with Gasteiger partial charge in [0.15, 0.2) is 6.29 Å². The van der Waals surface area contributed by atoms with Gasteiger partial charge in [-0.2, -0.15) is 0 Å². The quantitative estimate of drug-likeness (QED) is 0.823. The van der Waals surface area contributed by atoms with E-state index in [0.29, 0.717) is 17.4 Å². The molecule has 4 heteroatoms. The van der Waals surface area contributed by atoms with Crippen molar-refractivity contribution >= 4 is 28.7 Å². The maximum Gasteiger partial charge on any atom is 0.223 e. The van der Waals surface area contributed by atoms with E-state index in [-0.39, 0.29) is 17.2 Å². The summed E-state index contributed by atoms with van der Waals surface area (Å²) in [6.45, 7) is 1.47. The molecule has 92 valence electrons. The Kier molecular flexibility index (Phi) is 3.02. The summed E-state index contributed by atoms with van der Waals surface area (Å²) in [5.74, 6) is -0.150. The van der Waals surface area contributed by atoms with E-state index in [0.717, 1.165) is 5.39 Å². The molecule has 0 aromatic heterocycles. The molecule has 0 radical (unpaired) electrons. The standard InChI is InChI=1S/C14H13NO3/c1-9(17)15(2)13-5-3-4-12-11(13)7-6-10(8-16)14(12)18/h3-8,18H,1-2H3. The molecule has 0 aliphatic rings. The number of hydrogen-bond acceptors (Lipinski definition) is 3. The maximum absolute atomic E-state index is 11.4. The second-order valence-electron chi connectivity index (χ2n) is 4.07. The highest BCUT2D eigenvalue weighted by Gasteiger charge is 2.12. The summed E-state index contributed by atoms with van der Waals surface area (Å²) in [5.41, 5.74) is 0.942. The monoisotopic (exact) mass is 243 g/mol. The molecule has 0 saturated heterocycles. The summed E-state index contributed by atoms with van der Waals surface area (Å²) in [6, 6.07) is 8.53. The van der Waals surface area contributed by atoms with E-state index in [2.05, 4.69) is 0 Å². The first-order chi connectivity index (χ1) is 8.56. The van der Waals surface area contributed by atoms with Crippen molar-refractivity contribution in [2.24, 2.45) is 0 Å². The third-order valence-electron chi connectivity index (χ3n) is 3.00. The zero-order chi connectivity index (χ0) is 13.3. The fourth-order valence-electron chi connectivity index (χ4n) is 1.90. The molecule has 1 N–H and O–H groups in total. The van der Waals surface area contributed by atoms with Gasteiger partial charge in [0.2, 0.25) is 5.91 Å². The molecule has 0 aliphatic heterocycles. The summed E-state index contributed by atoms with van der Waals surface area (Å²) in [7, 11) is 1.67. The summed E-state index contributed by atoms with van der Waals surface area (Å²) in [4.78, 5) is 23.7. The van der Waals surface area contributed by atoms with Gasteiger partial charge in [-0.3, -0.25) is 9.59 Å². The van der Waals surface area contributed by atoms with Crippen LogP contribution in [0.3, 0.4) is 0 Å². The lowest BCUT2D eigenvalue weighted by atomic mass is 10.0. The van der Waals surface area contributed by atoms with E-state index in [9.17, 15) is 14.7 Å². The minimum absolute atomic E-state index is 0.0543. The minimum atomic E-state index is -0.0959. The van der Waals surface area contributed by atoms with Crippen LogP contribution in [0.4, 0.5) is 5.69 Å². The average Bonchev–Trinajstić information content (AvgIpc) is 2.38. The van der Waals surface area contributed by atoms with Gasteiger partial charge in [-0.1, -0.05) is 18.2 Å². The van der Waals surface area contributed by atoms with E-state index in [1.165, 1.54) is 11.8 Å². The van der Waals surface area contributed by atoms with Crippen molar-refractivity contribution in [1.82, 2.24) is 0 Å². The molecule has 2 aromatic rings. The second-order valence-corrected chi connectivity index (χ2v) is 4.07. The topological polar surface area (TPSA) is 57.6 Å². The van der Waals surface area contributed by atoms with E-state index >= 15 is 0 Å². The van der Waals surface area contributed by atoms with Crippen LogP contribution in [0.2, 0.25) is 0 Å². The Hall–Kier alpha value is -2.36. The molecular weight excluding hydrogens is 230 g/mol. The smallest absolute Gasteiger partial charge is 0.223 e. The zero-order valence-electron chi connectivity index (χ0n) is 10.2. The summed E-state index contributed by atoms with van der Waals surface area (Å²) < 4.78 is 0. The molecule has 0 aliphatic carbocycles. The largest absolute Gasteiger partial charge is 0.507 e. The van der Waals surface area contributed by atoms with Gasteiger partial charge in [0.25, 0.3) is 0 Å². The molecule has 0 atom stereocenters. The lowest BCUT2D eigenvalue weighted by molar-refractivity contribution is -0.116. The van der Waals surface area contributed by atoms with E-state index in [1.807, 2.05) is 0 Å². The molecule has 2 rings (SSSR count). The lowest BCUT2D eigenvalue weighted by Crippen LogP contribution is -2.22. The van der Waals surface area contributed by atoms with Crippen molar-refractivity contribution in [2.45, 2.75) is 6.92 Å². The van der Waals surface area contributed by atoms with Crippen molar-refractivity contribution in [1.29, 1.82) is 0 Å². The third-order valence-corrected chi connectivity index (χ3v) is 3.00. The van der Waals surface area contributed by atoms with Crippen molar-refractivity contribution in [3.63, 3.8) is 0 Å². The number of hydrogen-bond donors (Lipinski definition) is 1. The number of phenolic OH excluding ortho intramolecular Hbond substituents is 1. The van der Waals surface area contributed by atoms with Crippen LogP contribution >= 0.6 is 0 Å². The highest BCUT2D eigenvalue weighted by Crippen LogP contribution is 2.33. The Labute approximate surface area is 104 Å². The Morgan fingerprint density at radius 1 is 1.22 bits per heavy atom. The van der Waals surface area contributed by atoms with Gasteiger partial charge in [0.1, 0.15) is 5.75 Å². The van der Waals surface area contributed by atoms with Crippen LogP contribution in [0.15, 0.2) is 30.3 Å². The third kappa shape index (κ3) is 1.82. The number of amides is 1. The number of aldehydes is 1. The van der Waals surface area contributed by atoms with Crippen LogP contribution in [0.1, 0.15) is 17.3 Å². The predicted octanol–water partition coefficient (Wildman–Crippen LogP) is 2.34. The fraction of sp³-hybridized carbons (Fsp3) is 0.143. The molecule has 0 spiro atoms. The molecule has 2 aromatic carbocycles. The maximum atomic E-state index is 11.4. The van der Waals surface area contributed by atoms with Gasteiger partial charge in [-0.05, 0) is 12.1 Å². The number of carbonyl (C=O) groups is 2. The highest BCUT2D eigenvalue weighted by molar-refractivity contribution is 6.06. The number of benzene rings is 2. The lowest BCUT2D eigenvalue weighted by Gasteiger charge is -2.18. The molecule has 4 nitrogen and oxygen atoms in total. The first-order valence-corrected chi connectivity index (χ1v) is 5.50. The van der Waals surface area contributed by atoms with Crippen LogP contribution in [-0.4, -0.2) is 24.3 Å². The number of nitrogens with zero attached hydrogens (tertiary/aromatic N) is 1. The number of rotatable bonds is 2. The number of phenols is 1. The molecule has 1 amide bonds. The fourth-order valence-corrected chi connectivity index (χ4v) is 1.90. The molecule has 0 unspecified atom stereocenters. The Bertz CT molecular complexity index is 634. The number of carbonyl (C=O) groups excluding carboxylic acids is 2. The molecule has 0 saturated carbocycles. The van der Waals surface area contributed by atoms with E-state index < -0.39 is 0 Å². The van der Waals surface area contributed by atoms with Gasteiger partial charge >= 0.3 is 0 Å². The Morgan fingerprint density at radius 3 is 2.56 bits per heavy atom. The number of aromatic hydroxyl groups is 1. The average molecular weight is 243 g/mol. The highest BCUT2D eigenvalue weighted by atomic mass is 16.3. The van der Waals surface area contributed by atoms with E-state index in [4.69, 9.17) is 0 Å². The first kappa shape index (κ1) is 12.1. The van der Waals surface area contributed by atoms with Gasteiger partial charge in [0.05, 0.1) is 11.3 Å². The zero-order valence-corrected chi connectivity index (χ0v) is 10.2. The van der Waals surface area contributed by atoms with Crippen LogP contribution in [-0.2, 0) is 4.79 Å². The van der Waals surface area contributed by atoms with Crippen molar-refractivity contribution < 1.29 is 14.7 Å². The number of fused-ring (bicyclic) bond motifs is 1. The summed E-state index contributed by atoms with van der Waals surface area (Å²) >= 11 is 0. The van der Waals surface area contributed by atoms with Crippen molar-refractivity contribution in [3.8, 4) is 5.75 Å². The van der Waals surface area contributed by atoms with Crippen LogP contribution in [0.25, 0.3) is 10.8 Å². The van der Waals surface area contributed by atoms with Crippen LogP contribution in [0, 0.1) is 0 Å². The second kappa shape index (κ2) is 4.49. The Balaban J connectivity index is 2.75. The minimum Gasteiger partial charge on any atom is -0.507 e. The first-order valence-electron chi connectivity index (χ1n) is 5.50. The summed E-state index contributed by atoms with van der Waals surface area (Å²) in [6.07, 6.45) is 0.607. The molecule has 0 heterocycles. The Morgan fingerprint density at radius 2 is 1.94 bits per heavy atom. The molecule has 0 bridgehead atoms. The summed E-state index contributed by atoms with van der Waals surface area (Å²) in [5, 5.41) is 11.3. The normalized spacial score (nSPS) is 10.3. The SMILES string of the molecule is CC(=O)N(C)c1cccc2c(O)c(C=O)ccc12. The van der Waals surface area contributed by atoms with Crippen LogP contribution in [0.5, 0.6) is 5.75 Å². The van der Waals surface area contributed by atoms with Gasteiger partial charge in [0, 0.05) is 24.7 Å². The van der Waals surface area contributed by atoms with Crippen molar-refractivity contribution in [2.75, 3.05) is 11.9 Å². The van der Waals surface area contributed by atoms with Gasteiger partial charge in [-0.25, -0.2) is 0 Å².